The van der Waals surface area contributed by atoms with Gasteiger partial charge in [-0.25, -0.2) is 0 Å². The van der Waals surface area contributed by atoms with Gasteiger partial charge in [0.15, 0.2) is 0 Å². The van der Waals surface area contributed by atoms with E-state index in [0.717, 1.165) is 11.1 Å². The van der Waals surface area contributed by atoms with Crippen LogP contribution in [0.4, 0.5) is 11.4 Å². The molecule has 0 heterocycles. The van der Waals surface area contributed by atoms with E-state index in [4.69, 9.17) is 0 Å². The van der Waals surface area contributed by atoms with Gasteiger partial charge in [0.2, 0.25) is 5.91 Å². The highest BCUT2D eigenvalue weighted by Crippen LogP contribution is 2.19. The number of thioether (sulfide) groups is 1. The highest BCUT2D eigenvalue weighted by Gasteiger charge is 2.22. The maximum atomic E-state index is 12.8. The van der Waals surface area contributed by atoms with Gasteiger partial charge in [0.1, 0.15) is 6.04 Å². The van der Waals surface area contributed by atoms with Crippen LogP contribution in [-0.4, -0.2) is 34.8 Å². The fourth-order valence-corrected chi connectivity index (χ4v) is 3.08. The molecule has 2 rings (SSSR count). The molecule has 0 saturated carbocycles. The number of aryl methyl sites for hydroxylation is 1. The molecule has 7 nitrogen and oxygen atoms in total. The van der Waals surface area contributed by atoms with Crippen molar-refractivity contribution < 1.29 is 14.5 Å². The van der Waals surface area contributed by atoms with Crippen LogP contribution < -0.4 is 10.6 Å². The molecular formula is C20H23N3O4S. The second-order valence-electron chi connectivity index (χ2n) is 6.35. The Morgan fingerprint density at radius 1 is 1.18 bits per heavy atom. The quantitative estimate of drug-likeness (QED) is 0.519. The minimum absolute atomic E-state index is 0.142. The number of hydrogen-bond acceptors (Lipinski definition) is 5. The minimum atomic E-state index is -0.751. The summed E-state index contributed by atoms with van der Waals surface area (Å²) >= 11 is 1.57. The molecule has 1 atom stereocenters. The Labute approximate surface area is 168 Å². The molecule has 0 aliphatic heterocycles. The molecule has 28 heavy (non-hydrogen) atoms. The minimum Gasteiger partial charge on any atom is -0.340 e. The fraction of sp³-hybridized carbons (Fsp3) is 0.300. The molecular weight excluding hydrogens is 378 g/mol. The summed E-state index contributed by atoms with van der Waals surface area (Å²) in [5, 5.41) is 16.5. The number of nitrogens with one attached hydrogen (secondary N) is 2. The molecule has 0 aliphatic carbocycles. The zero-order valence-electron chi connectivity index (χ0n) is 16.0. The van der Waals surface area contributed by atoms with E-state index in [9.17, 15) is 19.7 Å². The number of nitrogens with zero attached hydrogens (tertiary/aromatic N) is 1. The molecule has 0 bridgehead atoms. The van der Waals surface area contributed by atoms with E-state index in [1.807, 2.05) is 38.3 Å². The number of rotatable bonds is 8. The summed E-state index contributed by atoms with van der Waals surface area (Å²) < 4.78 is 0. The van der Waals surface area contributed by atoms with Gasteiger partial charge < -0.3 is 10.6 Å². The summed E-state index contributed by atoms with van der Waals surface area (Å²) in [6, 6.07) is 10.3. The number of carbonyl (C=O) groups excluding carboxylic acids is 2. The van der Waals surface area contributed by atoms with Crippen LogP contribution in [0.3, 0.4) is 0 Å². The van der Waals surface area contributed by atoms with E-state index < -0.39 is 16.9 Å². The van der Waals surface area contributed by atoms with Crippen LogP contribution >= 0.6 is 11.8 Å². The molecule has 0 saturated heterocycles. The van der Waals surface area contributed by atoms with Gasteiger partial charge in [-0.2, -0.15) is 11.8 Å². The first-order valence-electron chi connectivity index (χ1n) is 8.74. The molecule has 8 heteroatoms. The molecule has 0 radical (unpaired) electrons. The van der Waals surface area contributed by atoms with E-state index in [2.05, 4.69) is 10.6 Å². The summed E-state index contributed by atoms with van der Waals surface area (Å²) in [5.41, 5.74) is 2.68. The molecule has 0 unspecified atom stereocenters. The van der Waals surface area contributed by atoms with Crippen LogP contribution in [-0.2, 0) is 4.79 Å². The number of nitro groups is 1. The SMILES string of the molecule is CSCC[C@@H](NC(=O)c1cccc([N+](=O)[O-])c1)C(=O)Nc1cccc(C)c1C. The Balaban J connectivity index is 2.17. The van der Waals surface area contributed by atoms with Gasteiger partial charge in [-0.15, -0.1) is 0 Å². The van der Waals surface area contributed by atoms with Crippen molar-refractivity contribution in [2.24, 2.45) is 0 Å². The highest BCUT2D eigenvalue weighted by atomic mass is 32.2. The summed E-state index contributed by atoms with van der Waals surface area (Å²) in [5.74, 6) is -0.160. The summed E-state index contributed by atoms with van der Waals surface area (Å²) in [4.78, 5) is 35.7. The number of carbonyl (C=O) groups is 2. The molecule has 2 aromatic rings. The largest absolute Gasteiger partial charge is 0.340 e. The van der Waals surface area contributed by atoms with Gasteiger partial charge in [0.25, 0.3) is 11.6 Å². The molecule has 2 aromatic carbocycles. The van der Waals surface area contributed by atoms with Crippen molar-refractivity contribution in [3.05, 3.63) is 69.3 Å². The monoisotopic (exact) mass is 401 g/mol. The lowest BCUT2D eigenvalue weighted by atomic mass is 10.1. The zero-order valence-corrected chi connectivity index (χ0v) is 16.8. The Morgan fingerprint density at radius 2 is 1.89 bits per heavy atom. The first kappa shape index (κ1) is 21.4. The van der Waals surface area contributed by atoms with Gasteiger partial charge in [0, 0.05) is 23.4 Å². The molecule has 0 spiro atoms. The van der Waals surface area contributed by atoms with Gasteiger partial charge in [0.05, 0.1) is 4.92 Å². The van der Waals surface area contributed by atoms with E-state index in [0.29, 0.717) is 17.9 Å². The van der Waals surface area contributed by atoms with Crippen molar-refractivity contribution in [3.8, 4) is 0 Å². The molecule has 0 aromatic heterocycles. The first-order valence-corrected chi connectivity index (χ1v) is 10.1. The van der Waals surface area contributed by atoms with Crippen LogP contribution in [0.2, 0.25) is 0 Å². The lowest BCUT2D eigenvalue weighted by Gasteiger charge is -2.19. The van der Waals surface area contributed by atoms with Gasteiger partial charge >= 0.3 is 0 Å². The van der Waals surface area contributed by atoms with Crippen molar-refractivity contribution in [2.75, 3.05) is 17.3 Å². The predicted octanol–water partition coefficient (Wildman–Crippen LogP) is 3.70. The molecule has 148 valence electrons. The van der Waals surface area contributed by atoms with Crippen molar-refractivity contribution >= 4 is 35.0 Å². The van der Waals surface area contributed by atoms with Crippen LogP contribution in [0.1, 0.15) is 27.9 Å². The Morgan fingerprint density at radius 3 is 2.57 bits per heavy atom. The number of nitro benzene ring substituents is 1. The smallest absolute Gasteiger partial charge is 0.270 e. The lowest BCUT2D eigenvalue weighted by Crippen LogP contribution is -2.44. The third kappa shape index (κ3) is 5.56. The Bertz CT molecular complexity index is 886. The van der Waals surface area contributed by atoms with Crippen molar-refractivity contribution in [1.29, 1.82) is 0 Å². The third-order valence-electron chi connectivity index (χ3n) is 4.41. The van der Waals surface area contributed by atoms with Crippen molar-refractivity contribution in [3.63, 3.8) is 0 Å². The number of hydrogen-bond donors (Lipinski definition) is 2. The van der Waals surface area contributed by atoms with E-state index in [1.54, 1.807) is 11.8 Å². The number of amides is 2. The molecule has 0 fully saturated rings. The van der Waals surface area contributed by atoms with Crippen molar-refractivity contribution in [1.82, 2.24) is 5.32 Å². The Kier molecular flexibility index (Phi) is 7.57. The Hall–Kier alpha value is -2.87. The molecule has 0 aliphatic rings. The van der Waals surface area contributed by atoms with Crippen LogP contribution in [0.5, 0.6) is 0 Å². The first-order chi connectivity index (χ1) is 13.3. The van der Waals surface area contributed by atoms with Gasteiger partial charge in [-0.3, -0.25) is 19.7 Å². The van der Waals surface area contributed by atoms with Crippen molar-refractivity contribution in [2.45, 2.75) is 26.3 Å². The highest BCUT2D eigenvalue weighted by molar-refractivity contribution is 7.98. The van der Waals surface area contributed by atoms with Gasteiger partial charge in [-0.05, 0) is 55.5 Å². The second-order valence-corrected chi connectivity index (χ2v) is 7.34. The van der Waals surface area contributed by atoms with E-state index in [-0.39, 0.29) is 17.2 Å². The maximum absolute atomic E-state index is 12.8. The summed E-state index contributed by atoms with van der Waals surface area (Å²) in [6.45, 7) is 3.88. The summed E-state index contributed by atoms with van der Waals surface area (Å²) in [7, 11) is 0. The van der Waals surface area contributed by atoms with Gasteiger partial charge in [-0.1, -0.05) is 18.2 Å². The normalized spacial score (nSPS) is 11.5. The molecule has 2 amide bonds. The zero-order chi connectivity index (χ0) is 20.7. The number of non-ortho nitro benzene ring substituents is 1. The number of benzene rings is 2. The fourth-order valence-electron chi connectivity index (χ4n) is 2.61. The third-order valence-corrected chi connectivity index (χ3v) is 5.06. The second kappa shape index (κ2) is 9.89. The lowest BCUT2D eigenvalue weighted by molar-refractivity contribution is -0.384. The number of anilines is 1. The topological polar surface area (TPSA) is 101 Å². The van der Waals surface area contributed by atoms with E-state index in [1.165, 1.54) is 24.3 Å². The standard InChI is InChI=1S/C20H23N3O4S/c1-13-6-4-9-17(14(13)2)21-20(25)18(10-11-28-3)22-19(24)15-7-5-8-16(12-15)23(26)27/h4-9,12,18H,10-11H2,1-3H3,(H,21,25)(H,22,24)/t18-/m1/s1. The average Bonchev–Trinajstić information content (AvgIpc) is 2.68. The van der Waals surface area contributed by atoms with Crippen LogP contribution in [0.15, 0.2) is 42.5 Å². The van der Waals surface area contributed by atoms with E-state index >= 15 is 0 Å². The maximum Gasteiger partial charge on any atom is 0.270 e. The van der Waals surface area contributed by atoms with Crippen LogP contribution in [0, 0.1) is 24.0 Å². The predicted molar refractivity (Wildman–Crippen MR) is 112 cm³/mol. The van der Waals surface area contributed by atoms with Crippen LogP contribution in [0.25, 0.3) is 0 Å². The summed E-state index contributed by atoms with van der Waals surface area (Å²) in [6.07, 6.45) is 2.36. The molecule has 2 N–H and O–H groups in total. The average molecular weight is 401 g/mol.